The number of Topliss-reactive ketones (excluding diaryl/α,β-unsaturated/α-hetero) is 1. The normalized spacial score (nSPS) is 19.2. The van der Waals surface area contributed by atoms with Gasteiger partial charge in [-0.2, -0.15) is 0 Å². The van der Waals surface area contributed by atoms with Crippen LogP contribution in [0, 0.1) is 12.7 Å². The van der Waals surface area contributed by atoms with Gasteiger partial charge in [0.15, 0.2) is 5.78 Å². The van der Waals surface area contributed by atoms with Crippen LogP contribution >= 0.6 is 0 Å². The molecule has 1 fully saturated rings. The van der Waals surface area contributed by atoms with Crippen LogP contribution in [0.25, 0.3) is 0 Å². The van der Waals surface area contributed by atoms with Crippen molar-refractivity contribution in [1.82, 2.24) is 0 Å². The minimum Gasteiger partial charge on any atom is -0.465 e. The van der Waals surface area contributed by atoms with Crippen LogP contribution in [0.1, 0.15) is 51.9 Å². The maximum absolute atomic E-state index is 14.4. The Morgan fingerprint density at radius 1 is 0.806 bits per heavy atom. The average Bonchev–Trinajstić information content (AvgIpc) is 3.36. The van der Waals surface area contributed by atoms with E-state index in [4.69, 9.17) is 4.42 Å². The van der Waals surface area contributed by atoms with Gasteiger partial charge >= 0.3 is 0 Å². The molecule has 4 aromatic rings. The number of aryl methyl sites for hydroxylation is 1. The molecule has 2 nitrogen and oxygen atoms in total. The molecule has 0 spiro atoms. The summed E-state index contributed by atoms with van der Waals surface area (Å²) in [5, 5.41) is 0. The summed E-state index contributed by atoms with van der Waals surface area (Å²) in [4.78, 5) is 12.2. The second-order valence-corrected chi connectivity index (χ2v) is 8.37. The number of rotatable bonds is 5. The molecule has 1 saturated carbocycles. The zero-order valence-electron chi connectivity index (χ0n) is 17.6. The van der Waals surface area contributed by atoms with Gasteiger partial charge in [0.05, 0.1) is 11.0 Å². The minimum atomic E-state index is -0.615. The number of hydrogen-bond acceptors (Lipinski definition) is 2. The van der Waals surface area contributed by atoms with Crippen molar-refractivity contribution in [2.75, 3.05) is 0 Å². The summed E-state index contributed by atoms with van der Waals surface area (Å²) < 4.78 is 20.7. The Balaban J connectivity index is 1.83. The summed E-state index contributed by atoms with van der Waals surface area (Å²) in [7, 11) is 0. The number of ketones is 1. The van der Waals surface area contributed by atoms with E-state index in [1.54, 1.807) is 19.1 Å². The van der Waals surface area contributed by atoms with E-state index in [9.17, 15) is 9.18 Å². The van der Waals surface area contributed by atoms with Crippen molar-refractivity contribution in [2.45, 2.75) is 31.1 Å². The molecule has 1 aromatic heterocycles. The fourth-order valence-corrected chi connectivity index (χ4v) is 5.25. The van der Waals surface area contributed by atoms with Crippen molar-refractivity contribution < 1.29 is 13.6 Å². The lowest BCUT2D eigenvalue weighted by molar-refractivity contribution is 0.101. The molecule has 31 heavy (non-hydrogen) atoms. The lowest BCUT2D eigenvalue weighted by Crippen LogP contribution is -2.25. The molecule has 1 aliphatic carbocycles. The summed E-state index contributed by atoms with van der Waals surface area (Å²) in [5.41, 5.74) is 2.67. The zero-order chi connectivity index (χ0) is 21.6. The van der Waals surface area contributed by atoms with Crippen molar-refractivity contribution in [3.05, 3.63) is 131 Å². The molecule has 154 valence electrons. The van der Waals surface area contributed by atoms with E-state index in [-0.39, 0.29) is 11.6 Å². The first-order chi connectivity index (χ1) is 15.0. The van der Waals surface area contributed by atoms with Gasteiger partial charge in [0, 0.05) is 5.41 Å². The lowest BCUT2D eigenvalue weighted by atomic mass is 9.76. The van der Waals surface area contributed by atoms with E-state index in [0.29, 0.717) is 17.1 Å². The van der Waals surface area contributed by atoms with Gasteiger partial charge in [0.2, 0.25) is 0 Å². The molecule has 0 radical (unpaired) electrons. The van der Waals surface area contributed by atoms with Crippen LogP contribution in [-0.4, -0.2) is 5.78 Å². The first kappa shape index (κ1) is 19.5. The highest BCUT2D eigenvalue weighted by atomic mass is 19.1. The van der Waals surface area contributed by atoms with E-state index in [0.717, 1.165) is 23.1 Å². The third-order valence-electron chi connectivity index (χ3n) is 6.70. The number of carbonyl (C=O) groups is 1. The number of benzene rings is 3. The number of furan rings is 1. The summed E-state index contributed by atoms with van der Waals surface area (Å²) in [6.45, 7) is 3.36. The molecule has 5 rings (SSSR count). The summed E-state index contributed by atoms with van der Waals surface area (Å²) in [6.07, 6.45) is 0.724. The second kappa shape index (κ2) is 7.05. The van der Waals surface area contributed by atoms with Gasteiger partial charge in [0.1, 0.15) is 17.3 Å². The lowest BCUT2D eigenvalue weighted by Gasteiger charge is -2.27. The second-order valence-electron chi connectivity index (χ2n) is 8.37. The maximum Gasteiger partial charge on any atom is 0.163 e. The molecule has 0 bridgehead atoms. The van der Waals surface area contributed by atoms with Gasteiger partial charge in [0.25, 0.3) is 0 Å². The van der Waals surface area contributed by atoms with E-state index in [1.807, 2.05) is 55.5 Å². The minimum absolute atomic E-state index is 0.0347. The summed E-state index contributed by atoms with van der Waals surface area (Å²) in [6, 6.07) is 29.2. The van der Waals surface area contributed by atoms with Crippen LogP contribution in [0.3, 0.4) is 0 Å². The first-order valence-electron chi connectivity index (χ1n) is 10.5. The van der Waals surface area contributed by atoms with Gasteiger partial charge in [-0.3, -0.25) is 4.79 Å². The molecular formula is C28H23FO2. The molecule has 3 aromatic carbocycles. The molecular weight excluding hydrogens is 387 g/mol. The topological polar surface area (TPSA) is 30.2 Å². The molecule has 0 aliphatic heterocycles. The Kier molecular flexibility index (Phi) is 4.44. The van der Waals surface area contributed by atoms with Crippen LogP contribution in [0.5, 0.6) is 0 Å². The van der Waals surface area contributed by atoms with Gasteiger partial charge in [-0.25, -0.2) is 4.39 Å². The summed E-state index contributed by atoms with van der Waals surface area (Å²) in [5.74, 6) is 0.982. The zero-order valence-corrected chi connectivity index (χ0v) is 17.6. The molecule has 0 saturated heterocycles. The quantitative estimate of drug-likeness (QED) is 0.347. The summed E-state index contributed by atoms with van der Waals surface area (Å²) >= 11 is 0. The highest BCUT2D eigenvalue weighted by Gasteiger charge is 2.72. The smallest absolute Gasteiger partial charge is 0.163 e. The Morgan fingerprint density at radius 2 is 1.39 bits per heavy atom. The van der Waals surface area contributed by atoms with E-state index in [1.165, 1.54) is 6.07 Å². The fourth-order valence-electron chi connectivity index (χ4n) is 5.25. The van der Waals surface area contributed by atoms with E-state index >= 15 is 0 Å². The van der Waals surface area contributed by atoms with E-state index < -0.39 is 10.8 Å². The molecule has 0 unspecified atom stereocenters. The van der Waals surface area contributed by atoms with Gasteiger partial charge in [-0.05, 0) is 55.2 Å². The predicted octanol–water partition coefficient (Wildman–Crippen LogP) is 6.61. The maximum atomic E-state index is 14.4. The Morgan fingerprint density at radius 3 is 1.90 bits per heavy atom. The number of halogens is 1. The van der Waals surface area contributed by atoms with Crippen LogP contribution in [0.2, 0.25) is 0 Å². The average molecular weight is 410 g/mol. The molecule has 0 N–H and O–H groups in total. The van der Waals surface area contributed by atoms with Crippen LogP contribution in [0.4, 0.5) is 4.39 Å². The predicted molar refractivity (Wildman–Crippen MR) is 119 cm³/mol. The SMILES string of the molecule is CC(=O)c1cc([C@]2(c3cccc(F)c3)CC2(c2ccccc2)c2ccccc2)oc1C. The third kappa shape index (κ3) is 2.80. The monoisotopic (exact) mass is 410 g/mol. The number of carbonyl (C=O) groups excluding carboxylic acids is 1. The van der Waals surface area contributed by atoms with Crippen LogP contribution < -0.4 is 0 Å². The molecule has 0 amide bonds. The van der Waals surface area contributed by atoms with Gasteiger partial charge in [-0.15, -0.1) is 0 Å². The molecule has 3 heteroatoms. The Bertz CT molecular complexity index is 1220. The largest absolute Gasteiger partial charge is 0.465 e. The molecule has 1 atom stereocenters. The van der Waals surface area contributed by atoms with Gasteiger partial charge < -0.3 is 4.42 Å². The van der Waals surface area contributed by atoms with Crippen molar-refractivity contribution in [3.63, 3.8) is 0 Å². The third-order valence-corrected chi connectivity index (χ3v) is 6.70. The Hall–Kier alpha value is -3.46. The number of hydrogen-bond donors (Lipinski definition) is 0. The van der Waals surface area contributed by atoms with Crippen molar-refractivity contribution in [2.24, 2.45) is 0 Å². The standard InChI is InChI=1S/C28H23FO2/c1-19(30)25-17-26(31-20(25)2)28(23-14-9-15-24(29)16-23)18-27(28,21-10-5-3-6-11-21)22-12-7-4-8-13-22/h3-17H,18H2,1-2H3/t28-/m1/s1. The van der Waals surface area contributed by atoms with Gasteiger partial charge in [-0.1, -0.05) is 72.8 Å². The highest BCUT2D eigenvalue weighted by molar-refractivity contribution is 5.95. The molecule has 1 heterocycles. The molecule has 1 aliphatic rings. The first-order valence-corrected chi connectivity index (χ1v) is 10.5. The van der Waals surface area contributed by atoms with Crippen molar-refractivity contribution >= 4 is 5.78 Å². The van der Waals surface area contributed by atoms with E-state index in [2.05, 4.69) is 24.3 Å². The Labute approximate surface area is 181 Å². The van der Waals surface area contributed by atoms with Crippen LogP contribution in [-0.2, 0) is 10.8 Å². The highest BCUT2D eigenvalue weighted by Crippen LogP contribution is 2.72. The fraction of sp³-hybridized carbons (Fsp3) is 0.179. The van der Waals surface area contributed by atoms with Crippen LogP contribution in [0.15, 0.2) is 95.4 Å². The van der Waals surface area contributed by atoms with Crippen molar-refractivity contribution in [3.8, 4) is 0 Å². The van der Waals surface area contributed by atoms with Crippen molar-refractivity contribution in [1.29, 1.82) is 0 Å².